The highest BCUT2D eigenvalue weighted by Crippen LogP contribution is 2.34. The highest BCUT2D eigenvalue weighted by Gasteiger charge is 2.30. The lowest BCUT2D eigenvalue weighted by Crippen LogP contribution is -2.36. The topological polar surface area (TPSA) is 206 Å². The number of hydrogen-bond donors (Lipinski definition) is 2. The molecule has 0 amide bonds. The third kappa shape index (κ3) is 24.1. The van der Waals surface area contributed by atoms with Crippen molar-refractivity contribution >= 4 is 108 Å². The number of ether oxygens (including phenoxy) is 3. The quantitative estimate of drug-likeness (QED) is 0.0441. The largest absolute Gasteiger partial charge is 0.495 e. The maximum absolute atomic E-state index is 13.7. The van der Waals surface area contributed by atoms with E-state index in [4.69, 9.17) is 53.8 Å². The maximum Gasteiger partial charge on any atom is 0.264 e. The first kappa shape index (κ1) is 76.3. The number of ketones is 2. The van der Waals surface area contributed by atoms with Crippen molar-refractivity contribution in [3.8, 4) is 39.5 Å². The van der Waals surface area contributed by atoms with Gasteiger partial charge in [-0.2, -0.15) is 0 Å². The third-order valence-corrected chi connectivity index (χ3v) is 18.7. The number of nitrogens with one attached hydrogen (secondary N) is 1. The molecule has 10 aromatic carbocycles. The van der Waals surface area contributed by atoms with Crippen LogP contribution in [0.3, 0.4) is 0 Å². The molecule has 0 aliphatic heterocycles. The van der Waals surface area contributed by atoms with E-state index in [0.717, 1.165) is 60.1 Å². The summed E-state index contributed by atoms with van der Waals surface area (Å²) >= 11 is 12.7. The van der Waals surface area contributed by atoms with Crippen LogP contribution >= 0.6 is 49.8 Å². The van der Waals surface area contributed by atoms with E-state index in [1.807, 2.05) is 130 Å². The van der Waals surface area contributed by atoms with Crippen LogP contribution in [-0.4, -0.2) is 75.4 Å². The van der Waals surface area contributed by atoms with Crippen LogP contribution in [0.4, 0.5) is 17.1 Å². The van der Waals surface area contributed by atoms with Gasteiger partial charge in [-0.3, -0.25) is 18.6 Å². The van der Waals surface area contributed by atoms with E-state index in [9.17, 15) is 34.8 Å². The number of methoxy groups -OCH3 is 3. The van der Waals surface area contributed by atoms with Gasteiger partial charge in [0, 0.05) is 23.5 Å². The number of halogens is 4. The number of anilines is 3. The van der Waals surface area contributed by atoms with Crippen LogP contribution in [0, 0.1) is 20.8 Å². The molecule has 21 heteroatoms. The van der Waals surface area contributed by atoms with Crippen LogP contribution < -0.4 is 29.0 Å². The van der Waals surface area contributed by atoms with Crippen molar-refractivity contribution < 1.29 is 49.1 Å². The monoisotopic (exact) mass is 1450 g/mol. The lowest BCUT2D eigenvalue weighted by atomic mass is 9.96. The molecule has 0 aromatic heterocycles. The predicted molar refractivity (Wildman–Crippen MR) is 387 cm³/mol. The number of rotatable bonds is 19. The molecule has 10 aromatic rings. The summed E-state index contributed by atoms with van der Waals surface area (Å²) in [4.78, 5) is 25.4. The number of nitrogens with zero attached hydrogens (tertiary/aromatic N) is 1. The average Bonchev–Trinajstić information content (AvgIpc) is 0.815. The van der Waals surface area contributed by atoms with E-state index in [0.29, 0.717) is 40.3 Å². The highest BCUT2D eigenvalue weighted by molar-refractivity contribution is 9.09. The summed E-state index contributed by atoms with van der Waals surface area (Å²) in [5, 5.41) is 0.607. The smallest absolute Gasteiger partial charge is 0.264 e. The summed E-state index contributed by atoms with van der Waals surface area (Å²) in [5.74, 6) is 1.57. The molecule has 3 N–H and O–H groups in total. The Bertz CT molecular complexity index is 4350. The summed E-state index contributed by atoms with van der Waals surface area (Å²) in [5.41, 5.74) is 16.1. The van der Waals surface area contributed by atoms with Crippen molar-refractivity contribution in [1.82, 2.24) is 0 Å². The van der Waals surface area contributed by atoms with Gasteiger partial charge in [0.1, 0.15) is 23.0 Å². The van der Waals surface area contributed by atoms with Gasteiger partial charge in [0.15, 0.2) is 5.78 Å². The Labute approximate surface area is 575 Å². The van der Waals surface area contributed by atoms with Gasteiger partial charge in [0.05, 0.1) is 70.3 Å². The van der Waals surface area contributed by atoms with E-state index in [1.54, 1.807) is 122 Å². The predicted octanol–water partition coefficient (Wildman–Crippen LogP) is 17.0. The van der Waals surface area contributed by atoms with E-state index >= 15 is 0 Å². The number of nitrogen functional groups attached to an aromatic ring is 1. The molecule has 0 unspecified atom stereocenters. The fraction of sp³-hybridized carbons (Fsp3) is 0.151. The number of alkyl halides is 3. The van der Waals surface area contributed by atoms with E-state index < -0.39 is 29.1 Å². The van der Waals surface area contributed by atoms with Crippen molar-refractivity contribution in [2.75, 3.05) is 53.3 Å². The first-order chi connectivity index (χ1) is 45.0. The first-order valence-corrected chi connectivity index (χ1v) is 36.2. The fourth-order valence-corrected chi connectivity index (χ4v) is 12.3. The minimum atomic E-state index is -4.02. The molecule has 10 rings (SSSR count). The lowest BCUT2D eigenvalue weighted by Gasteiger charge is -2.25. The lowest BCUT2D eigenvalue weighted by molar-refractivity contribution is -0.117. The van der Waals surface area contributed by atoms with Gasteiger partial charge >= 0.3 is 0 Å². The second-order valence-electron chi connectivity index (χ2n) is 20.3. The van der Waals surface area contributed by atoms with Gasteiger partial charge in [-0.05, 0) is 127 Å². The molecular weight excluding hydrogens is 1380 g/mol. The number of nitrogens with two attached hydrogens (primary N) is 1. The Morgan fingerprint density at radius 2 is 0.830 bits per heavy atom. The summed E-state index contributed by atoms with van der Waals surface area (Å²) in [6, 6.07) is 76.5. The molecule has 0 heterocycles. The van der Waals surface area contributed by atoms with Crippen molar-refractivity contribution in [2.24, 2.45) is 0 Å². The second-order valence-corrected chi connectivity index (χ2v) is 27.8. The van der Waals surface area contributed by atoms with Crippen LogP contribution in [0.1, 0.15) is 27.8 Å². The summed E-state index contributed by atoms with van der Waals surface area (Å²) in [6.07, 6.45) is 0.580. The van der Waals surface area contributed by atoms with Gasteiger partial charge in [-0.15, -0.1) is 23.2 Å². The average molecular weight is 1450 g/mol. The number of aryl methyl sites for hydroxylation is 3. The molecule has 0 aliphatic carbocycles. The minimum absolute atomic E-state index is 0.0974. The van der Waals surface area contributed by atoms with Gasteiger partial charge < -0.3 is 19.9 Å². The number of benzene rings is 10. The SMILES string of the molecule is COc1ccccc1N.COc1ccccc1N(CC(=O)Cc1ccccc1-c1ccccc1)S(=O)(=O)c1ccc(C)cc1.COc1ccccc1NS(=O)(=O)c1ccc(C)cc1.Cc1ccc(S(=O)(=O)Cl)cc1.ClCCl.O=C(CBr)Cc1ccccc1-c1ccccc1. The van der Waals surface area contributed by atoms with E-state index in [-0.39, 0.29) is 44.6 Å². The third-order valence-electron chi connectivity index (χ3n) is 13.5. The standard InChI is InChI=1S/C29H27NO4S.C15H13BrO.C14H15NO3S.C7H7ClO2S.C7H9NO.CH2Cl2/c1-22-16-18-26(19-17-22)35(32,33)30(28-14-8-9-15-29(28)34-2)21-25(31)20-24-12-6-7-13-27(24)23-10-4-3-5-11-23;16-11-14(17)10-13-8-4-5-9-15(13)12-6-2-1-3-7-12;1-11-7-9-12(10-8-11)19(16,17)15-13-5-3-4-6-14(13)18-2;1-6-2-4-7(5-3-6)11(8,9)10;1-9-7-5-3-2-4-6(7)8;2-1-3/h3-19H,20-21H2,1-2H3;1-9H,10-11H2;3-10,15H,1-2H3;2-5H,1H3;2-5H,8H2,1H3;1H2. The second kappa shape index (κ2) is 38.7. The number of hydrogen-bond acceptors (Lipinski definition) is 12. The Morgan fingerprint density at radius 3 is 1.27 bits per heavy atom. The van der Waals surface area contributed by atoms with Crippen molar-refractivity contribution in [3.05, 3.63) is 283 Å². The van der Waals surface area contributed by atoms with Crippen LogP contribution in [0.2, 0.25) is 0 Å². The molecule has 0 atom stereocenters. The highest BCUT2D eigenvalue weighted by atomic mass is 79.9. The zero-order valence-electron chi connectivity index (χ0n) is 52.5. The number of carbonyl (C=O) groups is 2. The van der Waals surface area contributed by atoms with Gasteiger partial charge in [-0.25, -0.2) is 25.3 Å². The minimum Gasteiger partial charge on any atom is -0.495 e. The molecular formula is C73H73BrCl3N3O11S3. The fourth-order valence-electron chi connectivity index (χ4n) is 8.83. The van der Waals surface area contributed by atoms with E-state index in [2.05, 4.69) is 38.9 Å². The van der Waals surface area contributed by atoms with Crippen LogP contribution in [0.5, 0.6) is 17.2 Å². The van der Waals surface area contributed by atoms with Crippen molar-refractivity contribution in [1.29, 1.82) is 0 Å². The van der Waals surface area contributed by atoms with Crippen molar-refractivity contribution in [2.45, 2.75) is 48.3 Å². The zero-order valence-corrected chi connectivity index (χ0v) is 58.8. The molecule has 0 radical (unpaired) electrons. The molecule has 0 aliphatic rings. The van der Waals surface area contributed by atoms with Gasteiger partial charge in [0.25, 0.3) is 29.1 Å². The number of carbonyl (C=O) groups excluding carboxylic acids is 2. The number of para-hydroxylation sites is 6. The molecule has 94 heavy (non-hydrogen) atoms. The van der Waals surface area contributed by atoms with E-state index in [1.165, 1.54) is 26.4 Å². The van der Waals surface area contributed by atoms with Crippen LogP contribution in [0.15, 0.2) is 269 Å². The Hall–Kier alpha value is -8.46. The molecule has 0 saturated heterocycles. The van der Waals surface area contributed by atoms with Gasteiger partial charge in [-0.1, -0.05) is 215 Å². The number of sulfonamides is 2. The summed E-state index contributed by atoms with van der Waals surface area (Å²) in [7, 11) is -1.50. The molecule has 0 saturated carbocycles. The molecule has 0 fully saturated rings. The Kier molecular flexibility index (Phi) is 31.4. The Morgan fingerprint density at radius 1 is 0.457 bits per heavy atom. The summed E-state index contributed by atoms with van der Waals surface area (Å²) < 4.78 is 92.4. The summed E-state index contributed by atoms with van der Waals surface area (Å²) in [6.45, 7) is 5.36. The van der Waals surface area contributed by atoms with Crippen LogP contribution in [-0.2, 0) is 51.5 Å². The molecule has 492 valence electrons. The van der Waals surface area contributed by atoms with Gasteiger partial charge in [0.2, 0.25) is 0 Å². The first-order valence-electron chi connectivity index (χ1n) is 28.8. The maximum atomic E-state index is 13.7. The zero-order chi connectivity index (χ0) is 68.7. The van der Waals surface area contributed by atoms with Crippen LogP contribution in [0.25, 0.3) is 22.3 Å². The Balaban J connectivity index is 0.000000229. The van der Waals surface area contributed by atoms with Crippen molar-refractivity contribution in [3.63, 3.8) is 0 Å². The molecule has 14 nitrogen and oxygen atoms in total. The molecule has 0 spiro atoms. The number of Topliss-reactive ketones (excluding diaryl/α,β-unsaturated/α-hetero) is 2. The normalized spacial score (nSPS) is 10.6. The molecule has 0 bridgehead atoms.